The van der Waals surface area contributed by atoms with Gasteiger partial charge in [0.05, 0.1) is 0 Å². The van der Waals surface area contributed by atoms with Crippen molar-refractivity contribution in [1.29, 1.82) is 0 Å². The third-order valence-corrected chi connectivity index (χ3v) is 3.50. The fourth-order valence-electron chi connectivity index (χ4n) is 2.19. The average molecular weight is 284 g/mol. The predicted octanol–water partition coefficient (Wildman–Crippen LogP) is 4.13. The monoisotopic (exact) mass is 284 g/mol. The summed E-state index contributed by atoms with van der Waals surface area (Å²) in [7, 11) is 2.00. The molecule has 0 spiro atoms. The Morgan fingerprint density at radius 1 is 1.05 bits per heavy atom. The summed E-state index contributed by atoms with van der Waals surface area (Å²) in [6.45, 7) is 4.99. The Morgan fingerprint density at radius 2 is 1.65 bits per heavy atom. The van der Waals surface area contributed by atoms with Crippen molar-refractivity contribution < 1.29 is 0 Å². The first-order chi connectivity index (χ1) is 9.54. The molecule has 20 heavy (non-hydrogen) atoms. The standard InChI is InChI=1S/C17H20N2S/c1-13-9-14(2)11-16(10-13)18-17(20)19(3)12-15-7-5-4-6-8-15/h4-11H,12H2,1-3H3,(H,18,20). The number of hydrogen-bond acceptors (Lipinski definition) is 1. The molecule has 0 aromatic heterocycles. The first kappa shape index (κ1) is 14.5. The zero-order valence-corrected chi connectivity index (χ0v) is 13.0. The summed E-state index contributed by atoms with van der Waals surface area (Å²) in [5.74, 6) is 0. The molecule has 0 bridgehead atoms. The minimum atomic E-state index is 0.735. The molecule has 0 unspecified atom stereocenters. The normalized spacial score (nSPS) is 10.2. The Kier molecular flexibility index (Phi) is 4.74. The molecule has 1 N–H and O–H groups in total. The second-order valence-corrected chi connectivity index (χ2v) is 5.53. The van der Waals surface area contributed by atoms with Gasteiger partial charge in [-0.1, -0.05) is 36.4 Å². The Hall–Kier alpha value is -1.87. The van der Waals surface area contributed by atoms with Crippen molar-refractivity contribution in [2.75, 3.05) is 12.4 Å². The van der Waals surface area contributed by atoms with Crippen LogP contribution in [0.4, 0.5) is 5.69 Å². The van der Waals surface area contributed by atoms with Gasteiger partial charge in [0.25, 0.3) is 0 Å². The maximum atomic E-state index is 5.46. The highest BCUT2D eigenvalue weighted by Gasteiger charge is 2.06. The van der Waals surface area contributed by atoms with E-state index >= 15 is 0 Å². The number of aryl methyl sites for hydroxylation is 2. The molecule has 0 amide bonds. The molecular weight excluding hydrogens is 264 g/mol. The molecule has 2 aromatic rings. The van der Waals surface area contributed by atoms with E-state index in [1.54, 1.807) is 0 Å². The topological polar surface area (TPSA) is 15.3 Å². The van der Waals surface area contributed by atoms with E-state index in [0.29, 0.717) is 0 Å². The van der Waals surface area contributed by atoms with Gasteiger partial charge < -0.3 is 10.2 Å². The van der Waals surface area contributed by atoms with Crippen molar-refractivity contribution in [3.8, 4) is 0 Å². The average Bonchev–Trinajstić information content (AvgIpc) is 2.38. The van der Waals surface area contributed by atoms with Crippen molar-refractivity contribution in [1.82, 2.24) is 4.90 Å². The molecule has 0 aliphatic rings. The third kappa shape index (κ3) is 4.07. The molecule has 2 aromatic carbocycles. The molecule has 0 atom stereocenters. The summed E-state index contributed by atoms with van der Waals surface area (Å²) in [5.41, 5.74) is 4.77. The van der Waals surface area contributed by atoms with E-state index in [4.69, 9.17) is 12.2 Å². The number of benzene rings is 2. The van der Waals surface area contributed by atoms with Gasteiger partial charge in [-0.2, -0.15) is 0 Å². The molecule has 2 nitrogen and oxygen atoms in total. The Bertz CT molecular complexity index is 573. The van der Waals surface area contributed by atoms with Crippen LogP contribution in [0.5, 0.6) is 0 Å². The SMILES string of the molecule is Cc1cc(C)cc(NC(=S)N(C)Cc2ccccc2)c1. The number of thiocarbonyl (C=S) groups is 1. The third-order valence-electron chi connectivity index (χ3n) is 3.08. The van der Waals surface area contributed by atoms with Crippen molar-refractivity contribution in [2.24, 2.45) is 0 Å². The van der Waals surface area contributed by atoms with Crippen LogP contribution in [0.15, 0.2) is 48.5 Å². The van der Waals surface area contributed by atoms with E-state index < -0.39 is 0 Å². The zero-order valence-electron chi connectivity index (χ0n) is 12.2. The van der Waals surface area contributed by atoms with E-state index in [2.05, 4.69) is 49.5 Å². The van der Waals surface area contributed by atoms with Crippen LogP contribution in [0.3, 0.4) is 0 Å². The second-order valence-electron chi connectivity index (χ2n) is 5.15. The Morgan fingerprint density at radius 3 is 2.25 bits per heavy atom. The summed E-state index contributed by atoms with van der Waals surface area (Å²) >= 11 is 5.46. The van der Waals surface area contributed by atoms with Gasteiger partial charge in [-0.25, -0.2) is 0 Å². The smallest absolute Gasteiger partial charge is 0.173 e. The summed E-state index contributed by atoms with van der Waals surface area (Å²) in [6, 6.07) is 16.7. The van der Waals surface area contributed by atoms with Crippen LogP contribution in [0, 0.1) is 13.8 Å². The minimum absolute atomic E-state index is 0.735. The first-order valence-electron chi connectivity index (χ1n) is 6.69. The molecule has 2 rings (SSSR count). The van der Waals surface area contributed by atoms with Crippen molar-refractivity contribution in [3.63, 3.8) is 0 Å². The molecule has 0 radical (unpaired) electrons. The molecule has 0 fully saturated rings. The summed E-state index contributed by atoms with van der Waals surface area (Å²) in [4.78, 5) is 2.04. The number of anilines is 1. The highest BCUT2D eigenvalue weighted by Crippen LogP contribution is 2.14. The van der Waals surface area contributed by atoms with Gasteiger partial charge in [0.1, 0.15) is 0 Å². The van der Waals surface area contributed by atoms with Gasteiger partial charge in [0.2, 0.25) is 0 Å². The minimum Gasteiger partial charge on any atom is -0.348 e. The fraction of sp³-hybridized carbons (Fsp3) is 0.235. The lowest BCUT2D eigenvalue weighted by Crippen LogP contribution is -2.30. The first-order valence-corrected chi connectivity index (χ1v) is 7.10. The van der Waals surface area contributed by atoms with Crippen LogP contribution in [-0.2, 0) is 6.54 Å². The van der Waals surface area contributed by atoms with Gasteiger partial charge in [0, 0.05) is 19.3 Å². The maximum Gasteiger partial charge on any atom is 0.173 e. The lowest BCUT2D eigenvalue weighted by atomic mass is 10.1. The van der Waals surface area contributed by atoms with Crippen LogP contribution >= 0.6 is 12.2 Å². The van der Waals surface area contributed by atoms with E-state index in [9.17, 15) is 0 Å². The summed E-state index contributed by atoms with van der Waals surface area (Å²) < 4.78 is 0. The van der Waals surface area contributed by atoms with E-state index in [1.165, 1.54) is 16.7 Å². The van der Waals surface area contributed by atoms with E-state index in [-0.39, 0.29) is 0 Å². The summed E-state index contributed by atoms with van der Waals surface area (Å²) in [6.07, 6.45) is 0. The number of nitrogens with one attached hydrogen (secondary N) is 1. The fourth-order valence-corrected chi connectivity index (χ4v) is 2.38. The number of nitrogens with zero attached hydrogens (tertiary/aromatic N) is 1. The summed E-state index contributed by atoms with van der Waals surface area (Å²) in [5, 5.41) is 4.04. The van der Waals surface area contributed by atoms with E-state index in [0.717, 1.165) is 17.3 Å². The Balaban J connectivity index is 2.00. The van der Waals surface area contributed by atoms with Gasteiger partial charge >= 0.3 is 0 Å². The Labute approximate surface area is 126 Å². The lowest BCUT2D eigenvalue weighted by molar-refractivity contribution is 0.508. The predicted molar refractivity (Wildman–Crippen MR) is 90.0 cm³/mol. The zero-order chi connectivity index (χ0) is 14.5. The molecule has 0 aliphatic heterocycles. The molecule has 104 valence electrons. The molecule has 0 aliphatic carbocycles. The van der Waals surface area contributed by atoms with Crippen LogP contribution < -0.4 is 5.32 Å². The molecule has 0 saturated heterocycles. The van der Waals surface area contributed by atoms with Crippen molar-refractivity contribution >= 4 is 23.0 Å². The van der Waals surface area contributed by atoms with Crippen LogP contribution in [0.25, 0.3) is 0 Å². The van der Waals surface area contributed by atoms with E-state index in [1.807, 2.05) is 30.1 Å². The van der Waals surface area contributed by atoms with Gasteiger partial charge in [0.15, 0.2) is 5.11 Å². The second kappa shape index (κ2) is 6.53. The lowest BCUT2D eigenvalue weighted by Gasteiger charge is -2.21. The van der Waals surface area contributed by atoms with Crippen molar-refractivity contribution in [3.05, 3.63) is 65.2 Å². The van der Waals surface area contributed by atoms with Crippen LogP contribution in [0.2, 0.25) is 0 Å². The molecular formula is C17H20N2S. The molecule has 0 heterocycles. The molecule has 3 heteroatoms. The van der Waals surface area contributed by atoms with Crippen LogP contribution in [-0.4, -0.2) is 17.1 Å². The van der Waals surface area contributed by atoms with Crippen molar-refractivity contribution in [2.45, 2.75) is 20.4 Å². The number of hydrogen-bond donors (Lipinski definition) is 1. The maximum absolute atomic E-state index is 5.46. The highest BCUT2D eigenvalue weighted by atomic mass is 32.1. The largest absolute Gasteiger partial charge is 0.348 e. The van der Waals surface area contributed by atoms with Crippen LogP contribution in [0.1, 0.15) is 16.7 Å². The quantitative estimate of drug-likeness (QED) is 0.853. The van der Waals surface area contributed by atoms with Gasteiger partial charge in [-0.05, 0) is 54.9 Å². The molecule has 0 saturated carbocycles. The number of rotatable bonds is 3. The van der Waals surface area contributed by atoms with Gasteiger partial charge in [-0.15, -0.1) is 0 Å². The van der Waals surface area contributed by atoms with Gasteiger partial charge in [-0.3, -0.25) is 0 Å². The highest BCUT2D eigenvalue weighted by molar-refractivity contribution is 7.80.